The van der Waals surface area contributed by atoms with E-state index >= 15 is 0 Å². The molecule has 0 radical (unpaired) electrons. The third-order valence-corrected chi connectivity index (χ3v) is 4.07. The van der Waals surface area contributed by atoms with Crippen molar-refractivity contribution in [3.63, 3.8) is 0 Å². The second-order valence-corrected chi connectivity index (χ2v) is 7.27. The van der Waals surface area contributed by atoms with Crippen LogP contribution in [0.25, 0.3) is 0 Å². The van der Waals surface area contributed by atoms with E-state index in [1.54, 1.807) is 11.3 Å². The zero-order chi connectivity index (χ0) is 20.5. The smallest absolute Gasteiger partial charge is 0.0694 e. The lowest BCUT2D eigenvalue weighted by Gasteiger charge is -2.15. The molecule has 2 nitrogen and oxygen atoms in total. The molecule has 0 spiro atoms. The third kappa shape index (κ3) is 11.2. The molecule has 1 aromatic heterocycles. The molecule has 26 heavy (non-hydrogen) atoms. The van der Waals surface area contributed by atoms with Crippen LogP contribution in [0.1, 0.15) is 83.2 Å². The lowest BCUT2D eigenvalue weighted by molar-refractivity contribution is 0.835. The van der Waals surface area contributed by atoms with Crippen LogP contribution in [-0.2, 0) is 0 Å². The van der Waals surface area contributed by atoms with Gasteiger partial charge in [-0.2, -0.15) is 0 Å². The van der Waals surface area contributed by atoms with Crippen molar-refractivity contribution < 1.29 is 0 Å². The number of para-hydroxylation sites is 1. The van der Waals surface area contributed by atoms with Crippen molar-refractivity contribution in [3.05, 3.63) is 51.7 Å². The second kappa shape index (κ2) is 17.0. The fourth-order valence-electron chi connectivity index (χ4n) is 2.15. The van der Waals surface area contributed by atoms with Crippen LogP contribution in [0.3, 0.4) is 0 Å². The van der Waals surface area contributed by atoms with Gasteiger partial charge in [-0.3, -0.25) is 4.99 Å². The lowest BCUT2D eigenvalue weighted by atomic mass is 9.93. The molecule has 0 unspecified atom stereocenters. The highest BCUT2D eigenvalue weighted by atomic mass is 32.1. The standard InChI is InChI=1S/C14H21N.C5H6S.C2H7N.C2H6/c1-6-15-14-12(10(2)3)8-7-9-13(14)11(4)5;1-5-3-2-4-6-5;1-2-3;1-2/h6-11H,1-5H3;2-4H,1H3;2-3H2,1H3;1-2H3. The molecule has 0 aliphatic carbocycles. The summed E-state index contributed by atoms with van der Waals surface area (Å²) in [6.07, 6.45) is 1.88. The third-order valence-electron chi connectivity index (χ3n) is 3.26. The molecular formula is C23H40N2S. The first-order chi connectivity index (χ1) is 12.4. The summed E-state index contributed by atoms with van der Waals surface area (Å²) in [4.78, 5) is 5.91. The van der Waals surface area contributed by atoms with Gasteiger partial charge in [0.05, 0.1) is 5.69 Å². The van der Waals surface area contributed by atoms with Gasteiger partial charge in [0.2, 0.25) is 0 Å². The second-order valence-electron chi connectivity index (χ2n) is 6.11. The number of aryl methyl sites for hydroxylation is 1. The maximum absolute atomic E-state index is 4.85. The predicted octanol–water partition coefficient (Wildman–Crippen LogP) is 7.70. The van der Waals surface area contributed by atoms with Crippen LogP contribution in [-0.4, -0.2) is 12.8 Å². The first-order valence-electron chi connectivity index (χ1n) is 9.70. The van der Waals surface area contributed by atoms with E-state index in [1.807, 2.05) is 33.9 Å². The fourth-order valence-corrected chi connectivity index (χ4v) is 2.68. The van der Waals surface area contributed by atoms with E-state index in [2.05, 4.69) is 75.3 Å². The van der Waals surface area contributed by atoms with Gasteiger partial charge >= 0.3 is 0 Å². The molecule has 2 aromatic rings. The van der Waals surface area contributed by atoms with Crippen molar-refractivity contribution in [2.75, 3.05) is 6.54 Å². The van der Waals surface area contributed by atoms with Gasteiger partial charge in [0.1, 0.15) is 0 Å². The van der Waals surface area contributed by atoms with Gasteiger partial charge in [-0.1, -0.05) is 72.7 Å². The Morgan fingerprint density at radius 3 is 1.69 bits per heavy atom. The summed E-state index contributed by atoms with van der Waals surface area (Å²) in [6, 6.07) is 10.7. The highest BCUT2D eigenvalue weighted by Crippen LogP contribution is 2.34. The van der Waals surface area contributed by atoms with Crippen molar-refractivity contribution in [1.82, 2.24) is 0 Å². The molecule has 2 N–H and O–H groups in total. The van der Waals surface area contributed by atoms with Crippen LogP contribution < -0.4 is 5.73 Å². The molecule has 0 atom stereocenters. The molecule has 1 heterocycles. The summed E-state index contributed by atoms with van der Waals surface area (Å²) < 4.78 is 0. The van der Waals surface area contributed by atoms with Crippen LogP contribution in [0, 0.1) is 6.92 Å². The van der Waals surface area contributed by atoms with Crippen LogP contribution in [0.15, 0.2) is 40.7 Å². The largest absolute Gasteiger partial charge is 0.331 e. The Balaban J connectivity index is 0. The number of hydrogen-bond donors (Lipinski definition) is 1. The maximum Gasteiger partial charge on any atom is 0.0694 e. The van der Waals surface area contributed by atoms with E-state index in [0.717, 1.165) is 6.54 Å². The maximum atomic E-state index is 4.85. The monoisotopic (exact) mass is 376 g/mol. The van der Waals surface area contributed by atoms with Gasteiger partial charge < -0.3 is 5.73 Å². The summed E-state index contributed by atoms with van der Waals surface area (Å²) in [5, 5.41) is 2.08. The minimum Gasteiger partial charge on any atom is -0.331 e. The van der Waals surface area contributed by atoms with Gasteiger partial charge in [-0.15, -0.1) is 11.3 Å². The number of aliphatic imine (C=N–C) groups is 1. The van der Waals surface area contributed by atoms with Gasteiger partial charge in [-0.05, 0) is 54.8 Å². The zero-order valence-corrected chi connectivity index (χ0v) is 19.2. The summed E-state index contributed by atoms with van der Waals surface area (Å²) in [7, 11) is 0. The Hall–Kier alpha value is -1.45. The number of hydrogen-bond acceptors (Lipinski definition) is 3. The first kappa shape index (κ1) is 26.8. The van der Waals surface area contributed by atoms with E-state index in [4.69, 9.17) is 5.73 Å². The molecule has 0 aliphatic rings. The van der Waals surface area contributed by atoms with E-state index in [9.17, 15) is 0 Å². The minimum atomic E-state index is 0.530. The minimum absolute atomic E-state index is 0.530. The van der Waals surface area contributed by atoms with Crippen LogP contribution in [0.4, 0.5) is 5.69 Å². The Kier molecular flexibility index (Phi) is 17.5. The lowest BCUT2D eigenvalue weighted by Crippen LogP contribution is -1.95. The Morgan fingerprint density at radius 2 is 1.46 bits per heavy atom. The molecule has 0 amide bonds. The predicted molar refractivity (Wildman–Crippen MR) is 124 cm³/mol. The number of thiophene rings is 1. The number of benzene rings is 1. The average molecular weight is 377 g/mol. The Morgan fingerprint density at radius 1 is 1.00 bits per heavy atom. The molecule has 1 aromatic carbocycles. The topological polar surface area (TPSA) is 38.4 Å². The van der Waals surface area contributed by atoms with Crippen LogP contribution >= 0.6 is 11.3 Å². The normalized spacial score (nSPS) is 9.85. The van der Waals surface area contributed by atoms with Crippen molar-refractivity contribution in [2.45, 2.75) is 74.1 Å². The fraction of sp³-hybridized carbons (Fsp3) is 0.522. The molecule has 3 heteroatoms. The quantitative estimate of drug-likeness (QED) is 0.547. The summed E-state index contributed by atoms with van der Waals surface area (Å²) in [6.45, 7) is 19.6. The molecule has 0 bridgehead atoms. The van der Waals surface area contributed by atoms with Gasteiger partial charge in [0.25, 0.3) is 0 Å². The molecule has 0 fully saturated rings. The molecule has 2 rings (SSSR count). The zero-order valence-electron chi connectivity index (χ0n) is 18.3. The summed E-state index contributed by atoms with van der Waals surface area (Å²) in [5.74, 6) is 1.06. The van der Waals surface area contributed by atoms with Crippen LogP contribution in [0.2, 0.25) is 0 Å². The SMILES string of the molecule is CC.CC=Nc1c(C(C)C)cccc1C(C)C.CCN.Cc1cccs1. The number of nitrogens with zero attached hydrogens (tertiary/aromatic N) is 1. The van der Waals surface area contributed by atoms with Crippen LogP contribution in [0.5, 0.6) is 0 Å². The van der Waals surface area contributed by atoms with Crippen molar-refractivity contribution in [2.24, 2.45) is 10.7 Å². The van der Waals surface area contributed by atoms with E-state index in [1.165, 1.54) is 21.7 Å². The molecule has 0 saturated carbocycles. The number of rotatable bonds is 3. The van der Waals surface area contributed by atoms with E-state index < -0.39 is 0 Å². The van der Waals surface area contributed by atoms with Gasteiger partial charge in [0, 0.05) is 11.1 Å². The highest BCUT2D eigenvalue weighted by Gasteiger charge is 2.11. The summed E-state index contributed by atoms with van der Waals surface area (Å²) >= 11 is 1.78. The summed E-state index contributed by atoms with van der Waals surface area (Å²) in [5.41, 5.74) is 8.71. The van der Waals surface area contributed by atoms with Gasteiger partial charge in [-0.25, -0.2) is 0 Å². The Labute approximate surface area is 166 Å². The van der Waals surface area contributed by atoms with Crippen molar-refractivity contribution in [3.8, 4) is 0 Å². The van der Waals surface area contributed by atoms with Crippen molar-refractivity contribution in [1.29, 1.82) is 0 Å². The Bertz CT molecular complexity index is 544. The van der Waals surface area contributed by atoms with E-state index in [-0.39, 0.29) is 0 Å². The highest BCUT2D eigenvalue weighted by molar-refractivity contribution is 7.09. The molecule has 0 saturated heterocycles. The average Bonchev–Trinajstić information content (AvgIpc) is 3.09. The first-order valence-corrected chi connectivity index (χ1v) is 10.6. The molecular weight excluding hydrogens is 336 g/mol. The number of nitrogens with two attached hydrogens (primary N) is 1. The van der Waals surface area contributed by atoms with Crippen molar-refractivity contribution >= 4 is 23.2 Å². The van der Waals surface area contributed by atoms with Gasteiger partial charge in [0.15, 0.2) is 0 Å². The molecule has 0 aliphatic heterocycles. The molecule has 148 valence electrons. The van der Waals surface area contributed by atoms with E-state index in [0.29, 0.717) is 11.8 Å².